The molecule has 2 aromatic rings. The lowest BCUT2D eigenvalue weighted by molar-refractivity contribution is 0.0211. The van der Waals surface area contributed by atoms with Crippen molar-refractivity contribution in [3.05, 3.63) is 41.2 Å². The van der Waals surface area contributed by atoms with Crippen LogP contribution in [-0.4, -0.2) is 51.4 Å². The summed E-state index contributed by atoms with van der Waals surface area (Å²) in [5.74, 6) is 0.984. The van der Waals surface area contributed by atoms with Crippen molar-refractivity contribution in [3.63, 3.8) is 0 Å². The zero-order valence-electron chi connectivity index (χ0n) is 15.0. The second kappa shape index (κ2) is 7.62. The Morgan fingerprint density at radius 3 is 2.48 bits per heavy atom. The number of tetrazole rings is 1. The van der Waals surface area contributed by atoms with Gasteiger partial charge >= 0.3 is 0 Å². The Balaban J connectivity index is 1.70. The van der Waals surface area contributed by atoms with Gasteiger partial charge in [-0.05, 0) is 35.8 Å². The molecule has 1 atom stereocenters. The van der Waals surface area contributed by atoms with Crippen molar-refractivity contribution in [2.45, 2.75) is 51.1 Å². The van der Waals surface area contributed by atoms with Crippen LogP contribution in [0.3, 0.4) is 0 Å². The minimum atomic E-state index is 0.0985. The van der Waals surface area contributed by atoms with Crippen LogP contribution in [0.1, 0.15) is 61.1 Å². The molecule has 2 aliphatic rings. The fourth-order valence-electron chi connectivity index (χ4n) is 4.07. The molecule has 0 amide bonds. The zero-order valence-corrected chi connectivity index (χ0v) is 15.0. The normalized spacial score (nSPS) is 21.3. The number of ether oxygens (including phenoxy) is 1. The topological polar surface area (TPSA) is 56.1 Å². The molecule has 1 saturated heterocycles. The number of aryl methyl sites for hydroxylation is 1. The van der Waals surface area contributed by atoms with E-state index >= 15 is 0 Å². The minimum Gasteiger partial charge on any atom is -0.379 e. The zero-order chi connectivity index (χ0) is 17.1. The number of morpholine rings is 1. The molecule has 2 fully saturated rings. The van der Waals surface area contributed by atoms with Crippen LogP contribution in [0.4, 0.5) is 0 Å². The molecular formula is C19H27N5O. The summed E-state index contributed by atoms with van der Waals surface area (Å²) in [5, 5.41) is 12.9. The molecule has 1 aromatic carbocycles. The molecule has 0 bridgehead atoms. The largest absolute Gasteiger partial charge is 0.379 e. The molecule has 0 spiro atoms. The first-order valence-electron chi connectivity index (χ1n) is 9.49. The van der Waals surface area contributed by atoms with Crippen LogP contribution >= 0.6 is 0 Å². The Bertz CT molecular complexity index is 671. The SMILES string of the molecule is Cc1ccc(C(c2nnnn2C2CCCCC2)N2CCOCC2)cc1. The first kappa shape index (κ1) is 16.7. The van der Waals surface area contributed by atoms with Crippen molar-refractivity contribution in [1.82, 2.24) is 25.1 Å². The standard InChI is InChI=1S/C19H27N5O/c1-15-7-9-16(10-8-15)18(23-11-13-25-14-12-23)19-20-21-22-24(19)17-5-3-2-4-6-17/h7-10,17-18H,2-6,11-14H2,1H3. The van der Waals surface area contributed by atoms with Gasteiger partial charge in [0.05, 0.1) is 25.3 Å². The van der Waals surface area contributed by atoms with E-state index in [2.05, 4.69) is 56.3 Å². The molecular weight excluding hydrogens is 314 g/mol. The minimum absolute atomic E-state index is 0.0985. The van der Waals surface area contributed by atoms with Crippen molar-refractivity contribution in [2.75, 3.05) is 26.3 Å². The number of aromatic nitrogens is 4. The average molecular weight is 341 g/mol. The van der Waals surface area contributed by atoms with Crippen LogP contribution in [0.2, 0.25) is 0 Å². The third kappa shape index (κ3) is 3.60. The Morgan fingerprint density at radius 1 is 1.04 bits per heavy atom. The molecule has 25 heavy (non-hydrogen) atoms. The van der Waals surface area contributed by atoms with Gasteiger partial charge in [0.2, 0.25) is 0 Å². The number of hydrogen-bond acceptors (Lipinski definition) is 5. The fourth-order valence-corrected chi connectivity index (χ4v) is 4.07. The van der Waals surface area contributed by atoms with E-state index in [0.29, 0.717) is 6.04 Å². The van der Waals surface area contributed by atoms with E-state index in [1.165, 1.54) is 43.2 Å². The van der Waals surface area contributed by atoms with E-state index in [0.717, 1.165) is 32.1 Å². The highest BCUT2D eigenvalue weighted by molar-refractivity contribution is 5.28. The maximum Gasteiger partial charge on any atom is 0.173 e. The summed E-state index contributed by atoms with van der Waals surface area (Å²) in [4.78, 5) is 2.46. The second-order valence-electron chi connectivity index (χ2n) is 7.24. The molecule has 2 heterocycles. The van der Waals surface area contributed by atoms with Gasteiger partial charge in [-0.15, -0.1) is 5.10 Å². The molecule has 6 nitrogen and oxygen atoms in total. The van der Waals surface area contributed by atoms with Gasteiger partial charge in [0, 0.05) is 13.1 Å². The molecule has 1 aliphatic heterocycles. The highest BCUT2D eigenvalue weighted by Crippen LogP contribution is 2.33. The maximum atomic E-state index is 5.57. The summed E-state index contributed by atoms with van der Waals surface area (Å²) in [6.07, 6.45) is 6.25. The lowest BCUT2D eigenvalue weighted by Crippen LogP contribution is -2.41. The number of hydrogen-bond donors (Lipinski definition) is 0. The third-order valence-corrected chi connectivity index (χ3v) is 5.49. The van der Waals surface area contributed by atoms with Gasteiger partial charge in [-0.1, -0.05) is 49.1 Å². The molecule has 134 valence electrons. The summed E-state index contributed by atoms with van der Waals surface area (Å²) in [5.41, 5.74) is 2.54. The van der Waals surface area contributed by atoms with E-state index in [1.807, 2.05) is 0 Å². The average Bonchev–Trinajstić information content (AvgIpc) is 3.14. The molecule has 1 saturated carbocycles. The fraction of sp³-hybridized carbons (Fsp3) is 0.632. The summed E-state index contributed by atoms with van der Waals surface area (Å²) in [6, 6.07) is 9.33. The molecule has 1 unspecified atom stereocenters. The van der Waals surface area contributed by atoms with Gasteiger partial charge in [0.25, 0.3) is 0 Å². The van der Waals surface area contributed by atoms with E-state index in [4.69, 9.17) is 4.74 Å². The van der Waals surface area contributed by atoms with Gasteiger partial charge in [-0.3, -0.25) is 4.90 Å². The van der Waals surface area contributed by atoms with E-state index in [1.54, 1.807) is 0 Å². The highest BCUT2D eigenvalue weighted by atomic mass is 16.5. The Labute approximate surface area is 149 Å². The summed E-state index contributed by atoms with van der Waals surface area (Å²) >= 11 is 0. The lowest BCUT2D eigenvalue weighted by Gasteiger charge is -2.35. The Morgan fingerprint density at radius 2 is 1.76 bits per heavy atom. The van der Waals surface area contributed by atoms with Crippen LogP contribution in [0.5, 0.6) is 0 Å². The van der Waals surface area contributed by atoms with E-state index < -0.39 is 0 Å². The molecule has 1 aliphatic carbocycles. The van der Waals surface area contributed by atoms with Crippen LogP contribution in [0.25, 0.3) is 0 Å². The quantitative estimate of drug-likeness (QED) is 0.856. The van der Waals surface area contributed by atoms with E-state index in [-0.39, 0.29) is 6.04 Å². The predicted octanol–water partition coefficient (Wildman–Crippen LogP) is 2.91. The van der Waals surface area contributed by atoms with Crippen molar-refractivity contribution in [3.8, 4) is 0 Å². The van der Waals surface area contributed by atoms with Gasteiger partial charge in [-0.25, -0.2) is 4.68 Å². The molecule has 4 rings (SSSR count). The molecule has 1 aromatic heterocycles. The number of benzene rings is 1. The van der Waals surface area contributed by atoms with Crippen molar-refractivity contribution in [2.24, 2.45) is 0 Å². The number of rotatable bonds is 4. The van der Waals surface area contributed by atoms with Crippen LogP contribution in [-0.2, 0) is 4.74 Å². The highest BCUT2D eigenvalue weighted by Gasteiger charge is 2.31. The van der Waals surface area contributed by atoms with Gasteiger partial charge in [0.1, 0.15) is 0 Å². The van der Waals surface area contributed by atoms with Gasteiger partial charge < -0.3 is 4.74 Å². The van der Waals surface area contributed by atoms with Crippen molar-refractivity contribution >= 4 is 0 Å². The predicted molar refractivity (Wildman–Crippen MR) is 95.4 cm³/mol. The van der Waals surface area contributed by atoms with E-state index in [9.17, 15) is 0 Å². The van der Waals surface area contributed by atoms with Crippen molar-refractivity contribution in [1.29, 1.82) is 0 Å². The Kier molecular flexibility index (Phi) is 5.08. The van der Waals surface area contributed by atoms with Crippen LogP contribution in [0.15, 0.2) is 24.3 Å². The lowest BCUT2D eigenvalue weighted by atomic mass is 9.95. The number of nitrogens with zero attached hydrogens (tertiary/aromatic N) is 5. The first-order chi connectivity index (χ1) is 12.3. The first-order valence-corrected chi connectivity index (χ1v) is 9.49. The second-order valence-corrected chi connectivity index (χ2v) is 7.24. The van der Waals surface area contributed by atoms with Crippen LogP contribution < -0.4 is 0 Å². The molecule has 6 heteroatoms. The Hall–Kier alpha value is -1.79. The van der Waals surface area contributed by atoms with Crippen molar-refractivity contribution < 1.29 is 4.74 Å². The van der Waals surface area contributed by atoms with Gasteiger partial charge in [-0.2, -0.15) is 0 Å². The molecule has 0 N–H and O–H groups in total. The molecule has 0 radical (unpaired) electrons. The van der Waals surface area contributed by atoms with Gasteiger partial charge in [0.15, 0.2) is 5.82 Å². The monoisotopic (exact) mass is 341 g/mol. The maximum absolute atomic E-state index is 5.57. The third-order valence-electron chi connectivity index (χ3n) is 5.49. The summed E-state index contributed by atoms with van der Waals surface area (Å²) in [7, 11) is 0. The smallest absolute Gasteiger partial charge is 0.173 e. The van der Waals surface area contributed by atoms with Crippen LogP contribution in [0, 0.1) is 6.92 Å². The summed E-state index contributed by atoms with van der Waals surface area (Å²) in [6.45, 7) is 5.49. The summed E-state index contributed by atoms with van der Waals surface area (Å²) < 4.78 is 7.68.